The highest BCUT2D eigenvalue weighted by molar-refractivity contribution is 5.93. The van der Waals surface area contributed by atoms with Crippen molar-refractivity contribution in [2.24, 2.45) is 5.73 Å². The molecule has 0 bridgehead atoms. The zero-order chi connectivity index (χ0) is 22.0. The van der Waals surface area contributed by atoms with Crippen LogP contribution in [0, 0.1) is 13.8 Å². The number of aryl methyl sites for hydroxylation is 1. The molecule has 2 amide bonds. The average molecular weight is 419 g/mol. The molecule has 3 aromatic rings. The molecule has 0 unspecified atom stereocenters. The summed E-state index contributed by atoms with van der Waals surface area (Å²) in [5.74, 6) is -0.136. The number of tetrazole rings is 1. The standard InChI is InChI=1S/C22H25N7O2/c1-15-4-3-5-19(16(15)2)27-10-12-28(13-11-27)20(30)14-29-25-22(24-26-29)18-8-6-17(7-9-18)21(23)31/h3-9H,10-14H2,1-2H3,(H2,23,31). The van der Waals surface area contributed by atoms with Gasteiger partial charge < -0.3 is 15.5 Å². The molecule has 1 aromatic heterocycles. The first kappa shape index (κ1) is 20.5. The fourth-order valence-corrected chi connectivity index (χ4v) is 3.71. The summed E-state index contributed by atoms with van der Waals surface area (Å²) in [5.41, 5.74) is 10.2. The van der Waals surface area contributed by atoms with Crippen molar-refractivity contribution in [1.82, 2.24) is 25.1 Å². The molecule has 2 aromatic carbocycles. The lowest BCUT2D eigenvalue weighted by Crippen LogP contribution is -2.50. The zero-order valence-electron chi connectivity index (χ0n) is 17.7. The second-order valence-corrected chi connectivity index (χ2v) is 7.67. The summed E-state index contributed by atoms with van der Waals surface area (Å²) in [6.07, 6.45) is 0. The van der Waals surface area contributed by atoms with Crippen molar-refractivity contribution < 1.29 is 9.59 Å². The van der Waals surface area contributed by atoms with Crippen LogP contribution in [0.3, 0.4) is 0 Å². The number of hydrogen-bond acceptors (Lipinski definition) is 6. The van der Waals surface area contributed by atoms with Gasteiger partial charge in [0, 0.05) is 43.0 Å². The third kappa shape index (κ3) is 4.40. The van der Waals surface area contributed by atoms with Crippen LogP contribution >= 0.6 is 0 Å². The van der Waals surface area contributed by atoms with E-state index in [1.807, 2.05) is 4.90 Å². The maximum atomic E-state index is 12.7. The van der Waals surface area contributed by atoms with E-state index < -0.39 is 5.91 Å². The number of carbonyl (C=O) groups excluding carboxylic acids is 2. The molecular formula is C22H25N7O2. The highest BCUT2D eigenvalue weighted by atomic mass is 16.2. The van der Waals surface area contributed by atoms with Crippen LogP contribution in [-0.2, 0) is 11.3 Å². The quantitative estimate of drug-likeness (QED) is 0.669. The summed E-state index contributed by atoms with van der Waals surface area (Å²) >= 11 is 0. The van der Waals surface area contributed by atoms with Crippen molar-refractivity contribution in [3.8, 4) is 11.4 Å². The number of nitrogens with zero attached hydrogens (tertiary/aromatic N) is 6. The molecule has 4 rings (SSSR count). The molecule has 2 heterocycles. The van der Waals surface area contributed by atoms with Crippen LogP contribution in [0.15, 0.2) is 42.5 Å². The van der Waals surface area contributed by atoms with E-state index in [2.05, 4.69) is 52.4 Å². The SMILES string of the molecule is Cc1cccc(N2CCN(C(=O)Cn3nnc(-c4ccc(C(N)=O)cc4)n3)CC2)c1C. The molecule has 0 saturated carbocycles. The largest absolute Gasteiger partial charge is 0.368 e. The Morgan fingerprint density at radius 3 is 2.39 bits per heavy atom. The number of aromatic nitrogens is 4. The topological polar surface area (TPSA) is 110 Å². The number of hydrogen-bond donors (Lipinski definition) is 1. The first-order chi connectivity index (χ1) is 14.9. The fraction of sp³-hybridized carbons (Fsp3) is 0.318. The van der Waals surface area contributed by atoms with E-state index in [1.165, 1.54) is 21.6 Å². The number of rotatable bonds is 5. The van der Waals surface area contributed by atoms with E-state index in [-0.39, 0.29) is 12.5 Å². The molecule has 1 aliphatic rings. The Hall–Kier alpha value is -3.75. The first-order valence-electron chi connectivity index (χ1n) is 10.2. The van der Waals surface area contributed by atoms with Crippen LogP contribution in [-0.4, -0.2) is 63.1 Å². The number of carbonyl (C=O) groups is 2. The molecule has 0 atom stereocenters. The Kier molecular flexibility index (Phi) is 5.66. The molecule has 0 spiro atoms. The lowest BCUT2D eigenvalue weighted by molar-refractivity contribution is -0.132. The third-order valence-electron chi connectivity index (χ3n) is 5.71. The molecular weight excluding hydrogens is 394 g/mol. The predicted octanol–water partition coefficient (Wildman–Crippen LogP) is 1.40. The number of anilines is 1. The molecule has 0 aliphatic carbocycles. The molecule has 160 valence electrons. The highest BCUT2D eigenvalue weighted by Gasteiger charge is 2.23. The number of piperazine rings is 1. The fourth-order valence-electron chi connectivity index (χ4n) is 3.71. The maximum absolute atomic E-state index is 12.7. The summed E-state index contributed by atoms with van der Waals surface area (Å²) in [7, 11) is 0. The van der Waals surface area contributed by atoms with Crippen molar-refractivity contribution in [3.05, 3.63) is 59.2 Å². The van der Waals surface area contributed by atoms with Crippen molar-refractivity contribution in [1.29, 1.82) is 0 Å². The average Bonchev–Trinajstić information content (AvgIpc) is 3.24. The summed E-state index contributed by atoms with van der Waals surface area (Å²) in [4.78, 5) is 29.4. The van der Waals surface area contributed by atoms with E-state index >= 15 is 0 Å². The first-order valence-corrected chi connectivity index (χ1v) is 10.2. The van der Waals surface area contributed by atoms with Gasteiger partial charge in [-0.1, -0.05) is 24.3 Å². The summed E-state index contributed by atoms with van der Waals surface area (Å²) in [6.45, 7) is 7.18. The van der Waals surface area contributed by atoms with Crippen LogP contribution in [0.25, 0.3) is 11.4 Å². The number of amides is 2. The minimum atomic E-state index is -0.494. The lowest BCUT2D eigenvalue weighted by Gasteiger charge is -2.37. The number of nitrogens with two attached hydrogens (primary N) is 1. The summed E-state index contributed by atoms with van der Waals surface area (Å²) in [5, 5.41) is 12.3. The van der Waals surface area contributed by atoms with Crippen LogP contribution < -0.4 is 10.6 Å². The monoisotopic (exact) mass is 419 g/mol. The van der Waals surface area contributed by atoms with Gasteiger partial charge in [0.25, 0.3) is 0 Å². The molecule has 1 aliphatic heterocycles. The Balaban J connectivity index is 1.35. The van der Waals surface area contributed by atoms with Crippen molar-refractivity contribution in [2.75, 3.05) is 31.1 Å². The Bertz CT molecular complexity index is 1100. The minimum absolute atomic E-state index is 0.0337. The maximum Gasteiger partial charge on any atom is 0.248 e. The van der Waals surface area contributed by atoms with Crippen LogP contribution in [0.5, 0.6) is 0 Å². The van der Waals surface area contributed by atoms with Gasteiger partial charge in [-0.2, -0.15) is 4.80 Å². The van der Waals surface area contributed by atoms with Crippen LogP contribution in [0.2, 0.25) is 0 Å². The van der Waals surface area contributed by atoms with Gasteiger partial charge >= 0.3 is 0 Å². The van der Waals surface area contributed by atoms with Gasteiger partial charge in [-0.05, 0) is 48.4 Å². The summed E-state index contributed by atoms with van der Waals surface area (Å²) in [6, 6.07) is 13.0. The van der Waals surface area contributed by atoms with Gasteiger partial charge in [-0.25, -0.2) is 0 Å². The van der Waals surface area contributed by atoms with E-state index in [1.54, 1.807) is 24.3 Å². The third-order valence-corrected chi connectivity index (χ3v) is 5.71. The highest BCUT2D eigenvalue weighted by Crippen LogP contribution is 2.24. The van der Waals surface area contributed by atoms with Gasteiger partial charge in [-0.3, -0.25) is 9.59 Å². The molecule has 1 saturated heterocycles. The van der Waals surface area contributed by atoms with Gasteiger partial charge in [0.1, 0.15) is 6.54 Å². The minimum Gasteiger partial charge on any atom is -0.368 e. The number of primary amides is 1. The molecule has 9 heteroatoms. The number of benzene rings is 2. The van der Waals surface area contributed by atoms with Crippen LogP contribution in [0.1, 0.15) is 21.5 Å². The molecule has 0 radical (unpaired) electrons. The smallest absolute Gasteiger partial charge is 0.248 e. The molecule has 9 nitrogen and oxygen atoms in total. The van der Waals surface area contributed by atoms with Crippen molar-refractivity contribution in [2.45, 2.75) is 20.4 Å². The normalized spacial score (nSPS) is 14.0. The Morgan fingerprint density at radius 1 is 1.00 bits per heavy atom. The Morgan fingerprint density at radius 2 is 1.71 bits per heavy atom. The molecule has 1 fully saturated rings. The second-order valence-electron chi connectivity index (χ2n) is 7.67. The zero-order valence-corrected chi connectivity index (χ0v) is 17.7. The van der Waals surface area contributed by atoms with Gasteiger partial charge in [0.05, 0.1) is 0 Å². The van der Waals surface area contributed by atoms with E-state index in [0.29, 0.717) is 30.0 Å². The van der Waals surface area contributed by atoms with E-state index in [9.17, 15) is 9.59 Å². The van der Waals surface area contributed by atoms with E-state index in [0.717, 1.165) is 13.1 Å². The van der Waals surface area contributed by atoms with Crippen LogP contribution in [0.4, 0.5) is 5.69 Å². The van der Waals surface area contributed by atoms with Crippen molar-refractivity contribution >= 4 is 17.5 Å². The van der Waals surface area contributed by atoms with Gasteiger partial charge in [-0.15, -0.1) is 10.2 Å². The molecule has 2 N–H and O–H groups in total. The Labute approximate surface area is 180 Å². The second kappa shape index (κ2) is 8.55. The van der Waals surface area contributed by atoms with E-state index in [4.69, 9.17) is 5.73 Å². The summed E-state index contributed by atoms with van der Waals surface area (Å²) < 4.78 is 0. The van der Waals surface area contributed by atoms with Gasteiger partial charge in [0.15, 0.2) is 0 Å². The van der Waals surface area contributed by atoms with Crippen molar-refractivity contribution in [3.63, 3.8) is 0 Å². The lowest BCUT2D eigenvalue weighted by atomic mass is 10.1. The van der Waals surface area contributed by atoms with Gasteiger partial charge in [0.2, 0.25) is 17.6 Å². The predicted molar refractivity (Wildman–Crippen MR) is 116 cm³/mol. The molecule has 31 heavy (non-hydrogen) atoms.